The summed E-state index contributed by atoms with van der Waals surface area (Å²) in [6.45, 7) is 5.57. The van der Waals surface area contributed by atoms with E-state index in [-0.39, 0.29) is 23.9 Å². The number of rotatable bonds is 5. The van der Waals surface area contributed by atoms with Crippen molar-refractivity contribution in [3.8, 4) is 0 Å². The van der Waals surface area contributed by atoms with Crippen LogP contribution in [0, 0.1) is 0 Å². The summed E-state index contributed by atoms with van der Waals surface area (Å²) >= 11 is 0. The normalized spacial score (nSPS) is 11.8. The summed E-state index contributed by atoms with van der Waals surface area (Å²) in [6.07, 6.45) is 1.53. The van der Waals surface area contributed by atoms with Crippen LogP contribution < -0.4 is 16.0 Å². The molecule has 0 fully saturated rings. The third-order valence-corrected chi connectivity index (χ3v) is 2.43. The van der Waals surface area contributed by atoms with Crippen LogP contribution in [0.15, 0.2) is 18.3 Å². The van der Waals surface area contributed by atoms with Crippen LogP contribution in [0.5, 0.6) is 0 Å². The first-order valence-corrected chi connectivity index (χ1v) is 6.19. The van der Waals surface area contributed by atoms with Crippen molar-refractivity contribution >= 4 is 17.5 Å². The highest BCUT2D eigenvalue weighted by molar-refractivity contribution is 5.93. The Labute approximate surface area is 113 Å². The number of hydrogen-bond acceptors (Lipinski definition) is 4. The highest BCUT2D eigenvalue weighted by Crippen LogP contribution is 2.09. The van der Waals surface area contributed by atoms with Gasteiger partial charge in [0.2, 0.25) is 5.91 Å². The molecule has 1 aromatic heterocycles. The zero-order valence-corrected chi connectivity index (χ0v) is 11.7. The average molecular weight is 264 g/mol. The molecule has 0 bridgehead atoms. The molecule has 1 aromatic rings. The fraction of sp³-hybridized carbons (Fsp3) is 0.462. The average Bonchev–Trinajstić information content (AvgIpc) is 2.37. The van der Waals surface area contributed by atoms with Gasteiger partial charge < -0.3 is 16.0 Å². The number of nitrogens with zero attached hydrogens (tertiary/aromatic N) is 1. The van der Waals surface area contributed by atoms with Crippen LogP contribution in [0.4, 0.5) is 5.69 Å². The summed E-state index contributed by atoms with van der Waals surface area (Å²) in [7, 11) is 1.54. The van der Waals surface area contributed by atoms with Gasteiger partial charge in [0.25, 0.3) is 5.91 Å². The molecule has 19 heavy (non-hydrogen) atoms. The Morgan fingerprint density at radius 1 is 1.26 bits per heavy atom. The van der Waals surface area contributed by atoms with Gasteiger partial charge in [-0.1, -0.05) is 0 Å². The molecule has 3 N–H and O–H groups in total. The molecular weight excluding hydrogens is 244 g/mol. The predicted octanol–water partition coefficient (Wildman–Crippen LogP) is 0.766. The molecule has 1 rings (SSSR count). The topological polar surface area (TPSA) is 83.1 Å². The van der Waals surface area contributed by atoms with Gasteiger partial charge >= 0.3 is 0 Å². The first-order chi connectivity index (χ1) is 8.93. The van der Waals surface area contributed by atoms with Crippen LogP contribution in [0.2, 0.25) is 0 Å². The second kappa shape index (κ2) is 6.72. The molecule has 0 saturated carbocycles. The van der Waals surface area contributed by atoms with Crippen LogP contribution in [0.1, 0.15) is 31.3 Å². The van der Waals surface area contributed by atoms with Gasteiger partial charge in [-0.2, -0.15) is 0 Å². The van der Waals surface area contributed by atoms with Crippen LogP contribution in [-0.2, 0) is 4.79 Å². The van der Waals surface area contributed by atoms with E-state index < -0.39 is 0 Å². The van der Waals surface area contributed by atoms with Gasteiger partial charge in [0.1, 0.15) is 11.7 Å². The highest BCUT2D eigenvalue weighted by Gasteiger charge is 2.14. The minimum atomic E-state index is -0.387. The van der Waals surface area contributed by atoms with E-state index >= 15 is 0 Å². The van der Waals surface area contributed by atoms with Gasteiger partial charge in [-0.3, -0.25) is 14.6 Å². The van der Waals surface area contributed by atoms with Crippen molar-refractivity contribution in [2.75, 3.05) is 12.4 Å². The van der Waals surface area contributed by atoms with Gasteiger partial charge in [-0.25, -0.2) is 0 Å². The summed E-state index contributed by atoms with van der Waals surface area (Å²) in [6, 6.07) is 3.03. The number of carbonyl (C=O) groups excluding carboxylic acids is 2. The minimum absolute atomic E-state index is 0.0895. The summed E-state index contributed by atoms with van der Waals surface area (Å²) < 4.78 is 0. The summed E-state index contributed by atoms with van der Waals surface area (Å²) in [5.74, 6) is -0.351. The van der Waals surface area contributed by atoms with E-state index in [1.165, 1.54) is 6.20 Å². The van der Waals surface area contributed by atoms with Gasteiger partial charge in [-0.05, 0) is 32.9 Å². The Bertz CT molecular complexity index is 460. The summed E-state index contributed by atoms with van der Waals surface area (Å²) in [5, 5.41) is 8.35. The van der Waals surface area contributed by atoms with Gasteiger partial charge in [0.15, 0.2) is 0 Å². The number of carbonyl (C=O) groups is 2. The zero-order chi connectivity index (χ0) is 14.4. The molecule has 0 aliphatic carbocycles. The minimum Gasteiger partial charge on any atom is -0.374 e. The molecule has 6 nitrogen and oxygen atoms in total. The van der Waals surface area contributed by atoms with E-state index in [9.17, 15) is 9.59 Å². The first-order valence-electron chi connectivity index (χ1n) is 6.19. The number of hydrogen-bond donors (Lipinski definition) is 3. The number of nitrogens with one attached hydrogen (secondary N) is 3. The Kier molecular flexibility index (Phi) is 5.29. The maximum atomic E-state index is 11.8. The molecule has 0 spiro atoms. The molecule has 2 amide bonds. The lowest BCUT2D eigenvalue weighted by atomic mass is 10.2. The maximum Gasteiger partial charge on any atom is 0.269 e. The number of anilines is 1. The Balaban J connectivity index is 2.71. The standard InChI is InChI=1S/C13H20N4O2/c1-8(2)16-12(18)9(3)17-10-5-6-15-11(7-10)13(19)14-4/h5-9H,1-4H3,(H,14,19)(H,15,17)(H,16,18). The molecule has 0 aromatic carbocycles. The fourth-order valence-electron chi connectivity index (χ4n) is 1.50. The highest BCUT2D eigenvalue weighted by atomic mass is 16.2. The monoisotopic (exact) mass is 264 g/mol. The summed E-state index contributed by atoms with van der Waals surface area (Å²) in [5.41, 5.74) is 0.990. The second-order valence-electron chi connectivity index (χ2n) is 4.54. The Morgan fingerprint density at radius 2 is 1.95 bits per heavy atom. The van der Waals surface area contributed by atoms with E-state index in [0.29, 0.717) is 11.4 Å². The molecule has 1 atom stereocenters. The molecule has 1 unspecified atom stereocenters. The van der Waals surface area contributed by atoms with Gasteiger partial charge in [0, 0.05) is 25.0 Å². The predicted molar refractivity (Wildman–Crippen MR) is 74.0 cm³/mol. The molecule has 0 aliphatic heterocycles. The van der Waals surface area contributed by atoms with Crippen LogP contribution in [0.25, 0.3) is 0 Å². The Morgan fingerprint density at radius 3 is 2.53 bits per heavy atom. The lowest BCUT2D eigenvalue weighted by Gasteiger charge is -2.17. The van der Waals surface area contributed by atoms with Gasteiger partial charge in [0.05, 0.1) is 0 Å². The van der Waals surface area contributed by atoms with Gasteiger partial charge in [-0.15, -0.1) is 0 Å². The number of pyridine rings is 1. The molecule has 0 saturated heterocycles. The SMILES string of the molecule is CNC(=O)c1cc(NC(C)C(=O)NC(C)C)ccn1. The van der Waals surface area contributed by atoms with E-state index in [0.717, 1.165) is 0 Å². The van der Waals surface area contributed by atoms with Crippen molar-refractivity contribution in [3.63, 3.8) is 0 Å². The zero-order valence-electron chi connectivity index (χ0n) is 11.7. The third kappa shape index (κ3) is 4.57. The largest absolute Gasteiger partial charge is 0.374 e. The van der Waals surface area contributed by atoms with E-state index in [2.05, 4.69) is 20.9 Å². The maximum absolute atomic E-state index is 11.8. The van der Waals surface area contributed by atoms with E-state index in [1.807, 2.05) is 13.8 Å². The number of amides is 2. The van der Waals surface area contributed by atoms with Crippen molar-refractivity contribution in [1.29, 1.82) is 0 Å². The lowest BCUT2D eigenvalue weighted by molar-refractivity contribution is -0.122. The van der Waals surface area contributed by atoms with Crippen molar-refractivity contribution < 1.29 is 9.59 Å². The third-order valence-electron chi connectivity index (χ3n) is 2.43. The quantitative estimate of drug-likeness (QED) is 0.733. The van der Waals surface area contributed by atoms with Crippen molar-refractivity contribution in [2.45, 2.75) is 32.9 Å². The lowest BCUT2D eigenvalue weighted by Crippen LogP contribution is -2.41. The van der Waals surface area contributed by atoms with Crippen LogP contribution in [0.3, 0.4) is 0 Å². The summed E-state index contributed by atoms with van der Waals surface area (Å²) in [4.78, 5) is 27.2. The second-order valence-corrected chi connectivity index (χ2v) is 4.54. The molecule has 0 radical (unpaired) electrons. The molecule has 104 valence electrons. The molecule has 0 aliphatic rings. The van der Waals surface area contributed by atoms with Crippen LogP contribution in [-0.4, -0.2) is 35.9 Å². The fourth-order valence-corrected chi connectivity index (χ4v) is 1.50. The number of aromatic nitrogens is 1. The van der Waals surface area contributed by atoms with Crippen molar-refractivity contribution in [3.05, 3.63) is 24.0 Å². The first kappa shape index (κ1) is 14.9. The smallest absolute Gasteiger partial charge is 0.269 e. The molecular formula is C13H20N4O2. The van der Waals surface area contributed by atoms with E-state index in [4.69, 9.17) is 0 Å². The Hall–Kier alpha value is -2.11. The molecule has 6 heteroatoms. The van der Waals surface area contributed by atoms with Crippen LogP contribution >= 0.6 is 0 Å². The van der Waals surface area contributed by atoms with Crippen molar-refractivity contribution in [2.24, 2.45) is 0 Å². The van der Waals surface area contributed by atoms with E-state index in [1.54, 1.807) is 26.1 Å². The van der Waals surface area contributed by atoms with Crippen molar-refractivity contribution in [1.82, 2.24) is 15.6 Å². The molecule has 1 heterocycles.